The first kappa shape index (κ1) is 31.1. The van der Waals surface area contributed by atoms with E-state index in [0.717, 1.165) is 0 Å². The molecule has 1 aliphatic rings. The third-order valence-electron chi connectivity index (χ3n) is 6.57. The summed E-state index contributed by atoms with van der Waals surface area (Å²) in [5, 5.41) is 0. The van der Waals surface area contributed by atoms with Crippen molar-refractivity contribution in [2.75, 3.05) is 6.61 Å². The maximum atomic E-state index is 13.3. The smallest absolute Gasteiger partial charge is 0.314 e. The lowest BCUT2D eigenvalue weighted by molar-refractivity contribution is -0.231. The number of hydrogen-bond acceptors (Lipinski definition) is 6. The van der Waals surface area contributed by atoms with Crippen molar-refractivity contribution in [3.8, 4) is 0 Å². The average molecular weight is 525 g/mol. The Hall–Kier alpha value is -3.15. The molecule has 6 nitrogen and oxygen atoms in total. The number of esters is 2. The first-order valence-corrected chi connectivity index (χ1v) is 13.3. The Bertz CT molecular complexity index is 1090. The van der Waals surface area contributed by atoms with E-state index in [2.05, 4.69) is 0 Å². The van der Waals surface area contributed by atoms with Crippen molar-refractivity contribution in [1.29, 1.82) is 0 Å². The molecular formula is C32H44O6. The summed E-state index contributed by atoms with van der Waals surface area (Å²) < 4.78 is 18.4. The van der Waals surface area contributed by atoms with Crippen LogP contribution in [0.15, 0.2) is 65.5 Å². The van der Waals surface area contributed by atoms with Gasteiger partial charge in [-0.2, -0.15) is 0 Å². The summed E-state index contributed by atoms with van der Waals surface area (Å²) in [7, 11) is 0. The molecule has 0 bridgehead atoms. The van der Waals surface area contributed by atoms with Crippen LogP contribution in [0, 0.1) is 16.2 Å². The lowest BCUT2D eigenvalue weighted by atomic mass is 9.72. The van der Waals surface area contributed by atoms with Crippen LogP contribution >= 0.6 is 0 Å². The van der Waals surface area contributed by atoms with Crippen molar-refractivity contribution in [1.82, 2.24) is 0 Å². The topological polar surface area (TPSA) is 78.9 Å². The Balaban J connectivity index is 2.74. The summed E-state index contributed by atoms with van der Waals surface area (Å²) in [6.07, 6.45) is 5.75. The lowest BCUT2D eigenvalue weighted by Gasteiger charge is -2.45. The molecule has 0 N–H and O–H groups in total. The van der Waals surface area contributed by atoms with E-state index < -0.39 is 34.0 Å². The van der Waals surface area contributed by atoms with Crippen molar-refractivity contribution >= 4 is 17.7 Å². The van der Waals surface area contributed by atoms with Crippen molar-refractivity contribution in [2.24, 2.45) is 16.2 Å². The van der Waals surface area contributed by atoms with Crippen LogP contribution in [0.1, 0.15) is 92.4 Å². The summed E-state index contributed by atoms with van der Waals surface area (Å²) in [5.41, 5.74) is -0.305. The molecule has 0 fully saturated rings. The molecule has 1 aliphatic carbocycles. The van der Waals surface area contributed by atoms with Crippen LogP contribution in [0.25, 0.3) is 0 Å². The van der Waals surface area contributed by atoms with Crippen LogP contribution in [-0.2, 0) is 23.8 Å². The number of ether oxygens (including phenoxy) is 3. The quantitative estimate of drug-likeness (QED) is 0.145. The molecule has 0 saturated carbocycles. The predicted octanol–water partition coefficient (Wildman–Crippen LogP) is 7.36. The number of carbonyl (C=O) groups excluding carboxylic acids is 3. The zero-order valence-corrected chi connectivity index (χ0v) is 24.7. The van der Waals surface area contributed by atoms with Crippen LogP contribution in [0.4, 0.5) is 0 Å². The highest BCUT2D eigenvalue weighted by Crippen LogP contribution is 2.49. The molecule has 0 saturated heterocycles. The molecule has 38 heavy (non-hydrogen) atoms. The minimum Gasteiger partial charge on any atom is -0.497 e. The van der Waals surface area contributed by atoms with E-state index >= 15 is 0 Å². The fourth-order valence-electron chi connectivity index (χ4n) is 3.78. The lowest BCUT2D eigenvalue weighted by Crippen LogP contribution is -2.51. The van der Waals surface area contributed by atoms with Crippen molar-refractivity contribution in [3.05, 3.63) is 71.0 Å². The van der Waals surface area contributed by atoms with Crippen LogP contribution in [0.3, 0.4) is 0 Å². The number of ketones is 1. The highest BCUT2D eigenvalue weighted by atomic mass is 16.7. The minimum atomic E-state index is -1.69. The maximum absolute atomic E-state index is 13.3. The molecule has 0 aliphatic heterocycles. The number of carbonyl (C=O) groups is 3. The number of rotatable bonds is 9. The number of hydrogen-bond donors (Lipinski definition) is 0. The number of allylic oxidation sites excluding steroid dienone is 4. The second-order valence-electron chi connectivity index (χ2n) is 12.4. The first-order chi connectivity index (χ1) is 17.5. The summed E-state index contributed by atoms with van der Waals surface area (Å²) in [6, 6.07) is 9.01. The van der Waals surface area contributed by atoms with E-state index in [1.165, 1.54) is 6.08 Å². The Morgan fingerprint density at radius 1 is 0.868 bits per heavy atom. The van der Waals surface area contributed by atoms with Gasteiger partial charge in [0.25, 0.3) is 5.79 Å². The fraction of sp³-hybridized carbons (Fsp3) is 0.531. The summed E-state index contributed by atoms with van der Waals surface area (Å²) >= 11 is 0. The predicted molar refractivity (Wildman–Crippen MR) is 149 cm³/mol. The highest BCUT2D eigenvalue weighted by Gasteiger charge is 2.53. The minimum absolute atomic E-state index is 0.00105. The molecule has 0 heterocycles. The zero-order valence-electron chi connectivity index (χ0n) is 24.7. The Labute approximate surface area is 228 Å². The van der Waals surface area contributed by atoms with E-state index in [9.17, 15) is 14.4 Å². The van der Waals surface area contributed by atoms with E-state index in [1.54, 1.807) is 59.8 Å². The summed E-state index contributed by atoms with van der Waals surface area (Å²) in [5.74, 6) is -2.35. The van der Waals surface area contributed by atoms with Crippen LogP contribution in [0.5, 0.6) is 0 Å². The van der Waals surface area contributed by atoms with Gasteiger partial charge < -0.3 is 14.2 Å². The van der Waals surface area contributed by atoms with Crippen molar-refractivity contribution in [3.63, 3.8) is 0 Å². The van der Waals surface area contributed by atoms with Crippen LogP contribution in [-0.4, -0.2) is 30.1 Å². The Morgan fingerprint density at radius 2 is 1.39 bits per heavy atom. The molecule has 0 aromatic heterocycles. The largest absolute Gasteiger partial charge is 0.497 e. The monoisotopic (exact) mass is 524 g/mol. The van der Waals surface area contributed by atoms with Gasteiger partial charge in [0.1, 0.15) is 5.76 Å². The van der Waals surface area contributed by atoms with Gasteiger partial charge >= 0.3 is 11.9 Å². The van der Waals surface area contributed by atoms with E-state index in [1.807, 2.05) is 52.0 Å². The summed E-state index contributed by atoms with van der Waals surface area (Å²) in [4.78, 5) is 39.4. The number of benzene rings is 1. The van der Waals surface area contributed by atoms with Gasteiger partial charge in [-0.25, -0.2) is 0 Å². The molecule has 1 aromatic carbocycles. The van der Waals surface area contributed by atoms with Crippen LogP contribution in [0.2, 0.25) is 0 Å². The molecule has 2 rings (SSSR count). The van der Waals surface area contributed by atoms with Crippen molar-refractivity contribution < 1.29 is 28.6 Å². The second-order valence-corrected chi connectivity index (χ2v) is 12.4. The molecule has 0 unspecified atom stereocenters. The highest BCUT2D eigenvalue weighted by molar-refractivity contribution is 6.04. The average Bonchev–Trinajstić information content (AvgIpc) is 2.82. The molecular weight excluding hydrogens is 480 g/mol. The molecule has 1 aromatic rings. The van der Waals surface area contributed by atoms with Gasteiger partial charge in [0.15, 0.2) is 5.78 Å². The second kappa shape index (κ2) is 11.7. The van der Waals surface area contributed by atoms with Gasteiger partial charge in [-0.1, -0.05) is 51.1 Å². The zero-order chi connectivity index (χ0) is 28.9. The van der Waals surface area contributed by atoms with Gasteiger partial charge in [-0.15, -0.1) is 0 Å². The van der Waals surface area contributed by atoms with Gasteiger partial charge in [0.05, 0.1) is 23.9 Å². The van der Waals surface area contributed by atoms with Gasteiger partial charge in [0.2, 0.25) is 0 Å². The molecule has 0 spiro atoms. The van der Waals surface area contributed by atoms with E-state index in [-0.39, 0.29) is 12.2 Å². The summed E-state index contributed by atoms with van der Waals surface area (Å²) in [6.45, 7) is 18.8. The first-order valence-electron chi connectivity index (χ1n) is 13.3. The molecule has 6 heteroatoms. The third kappa shape index (κ3) is 7.46. The molecule has 0 radical (unpaired) electrons. The Morgan fingerprint density at radius 3 is 1.84 bits per heavy atom. The molecule has 0 amide bonds. The van der Waals surface area contributed by atoms with Gasteiger partial charge in [0, 0.05) is 16.7 Å². The third-order valence-corrected chi connectivity index (χ3v) is 6.57. The van der Waals surface area contributed by atoms with E-state index in [0.29, 0.717) is 35.5 Å². The fourth-order valence-corrected chi connectivity index (χ4v) is 3.78. The van der Waals surface area contributed by atoms with Gasteiger partial charge in [-0.05, 0) is 78.5 Å². The van der Waals surface area contributed by atoms with Crippen molar-refractivity contribution in [2.45, 2.75) is 87.9 Å². The SMILES string of the molecule is CCOC1=C(C=CC(=O)c2ccccc2)C=C(C(C)(C)CC)C(OC(=O)C(C)(C)C)(OC(=O)C(C)(C)C)C1. The molecule has 0 atom stereocenters. The molecule has 208 valence electrons. The van der Waals surface area contributed by atoms with E-state index in [4.69, 9.17) is 14.2 Å². The maximum Gasteiger partial charge on any atom is 0.314 e. The van der Waals surface area contributed by atoms with Gasteiger partial charge in [-0.3, -0.25) is 14.4 Å². The Kier molecular flexibility index (Phi) is 9.58. The standard InChI is InChI=1S/C32H44O6/c1-11-31(9,10)26-20-23(18-19-24(33)22-16-14-13-15-17-22)25(36-12-2)21-32(26,37-27(34)29(3,4)5)38-28(35)30(6,7)8/h13-20H,11-12,21H2,1-10H3. The normalized spacial score (nSPS) is 16.2. The van der Waals surface area contributed by atoms with Crippen LogP contribution < -0.4 is 0 Å².